The van der Waals surface area contributed by atoms with E-state index in [4.69, 9.17) is 9.47 Å². The first-order valence-corrected chi connectivity index (χ1v) is 9.82. The van der Waals surface area contributed by atoms with E-state index in [0.29, 0.717) is 17.5 Å². The molecule has 0 aliphatic rings. The van der Waals surface area contributed by atoms with E-state index in [1.54, 1.807) is 6.92 Å². The second-order valence-corrected chi connectivity index (χ2v) is 7.53. The van der Waals surface area contributed by atoms with Gasteiger partial charge >= 0.3 is 0 Å². The van der Waals surface area contributed by atoms with Gasteiger partial charge < -0.3 is 19.7 Å². The van der Waals surface area contributed by atoms with Gasteiger partial charge in [0.25, 0.3) is 0 Å². The van der Waals surface area contributed by atoms with E-state index >= 15 is 0 Å². The quantitative estimate of drug-likeness (QED) is 0.360. The highest BCUT2D eigenvalue weighted by molar-refractivity contribution is 5.66. The molecule has 0 bridgehead atoms. The Kier molecular flexibility index (Phi) is 9.70. The van der Waals surface area contributed by atoms with Crippen molar-refractivity contribution in [2.75, 3.05) is 14.2 Å². The van der Waals surface area contributed by atoms with Crippen molar-refractivity contribution in [2.24, 2.45) is 0 Å². The van der Waals surface area contributed by atoms with Gasteiger partial charge in [-0.15, -0.1) is 0 Å². The van der Waals surface area contributed by atoms with Crippen LogP contribution < -0.4 is 9.47 Å². The molecule has 1 aromatic carbocycles. The van der Waals surface area contributed by atoms with Crippen LogP contribution in [0.1, 0.15) is 64.5 Å². The average Bonchev–Trinajstić information content (AvgIpc) is 2.64. The summed E-state index contributed by atoms with van der Waals surface area (Å²) in [6.45, 7) is 10.3. The lowest BCUT2D eigenvalue weighted by molar-refractivity contribution is 0.314. The highest BCUT2D eigenvalue weighted by Crippen LogP contribution is 2.48. The van der Waals surface area contributed by atoms with Crippen LogP contribution in [0.3, 0.4) is 0 Å². The molecule has 2 N–H and O–H groups in total. The number of benzene rings is 1. The zero-order chi connectivity index (χ0) is 21.3. The van der Waals surface area contributed by atoms with Crippen LogP contribution in [0.15, 0.2) is 34.9 Å². The summed E-state index contributed by atoms with van der Waals surface area (Å²) in [5, 5.41) is 20.9. The summed E-state index contributed by atoms with van der Waals surface area (Å²) in [5.41, 5.74) is 5.30. The van der Waals surface area contributed by atoms with Crippen LogP contribution in [0.5, 0.6) is 23.0 Å². The summed E-state index contributed by atoms with van der Waals surface area (Å²) in [5.74, 6) is 0.360. The standard InChI is InChI=1S/C24H36O4/c1-16(2)10-8-11-17(3)12-9-13-18(4)14-15-20-19(5)21(25)23(27-6)24(28-7)22(20)26/h10,12,14,25-26H,8-9,11,13,15H2,1-7H3. The fourth-order valence-corrected chi connectivity index (χ4v) is 3.09. The Hall–Kier alpha value is -2.36. The number of ether oxygens (including phenoxy) is 2. The molecule has 4 heteroatoms. The molecule has 1 rings (SSSR count). The van der Waals surface area contributed by atoms with E-state index < -0.39 is 0 Å². The molecule has 0 saturated carbocycles. The number of methoxy groups -OCH3 is 2. The van der Waals surface area contributed by atoms with Crippen molar-refractivity contribution in [1.29, 1.82) is 0 Å². The lowest BCUT2D eigenvalue weighted by Gasteiger charge is -2.17. The van der Waals surface area contributed by atoms with Crippen LogP contribution in [0.4, 0.5) is 0 Å². The average molecular weight is 389 g/mol. The maximum Gasteiger partial charge on any atom is 0.207 e. The topological polar surface area (TPSA) is 58.9 Å². The lowest BCUT2D eigenvalue weighted by Crippen LogP contribution is -1.98. The van der Waals surface area contributed by atoms with Gasteiger partial charge in [0, 0.05) is 11.1 Å². The molecule has 156 valence electrons. The Bertz CT molecular complexity index is 751. The number of rotatable bonds is 10. The summed E-state index contributed by atoms with van der Waals surface area (Å²) >= 11 is 0. The highest BCUT2D eigenvalue weighted by atomic mass is 16.5. The molecule has 4 nitrogen and oxygen atoms in total. The van der Waals surface area contributed by atoms with Crippen LogP contribution in [0, 0.1) is 6.92 Å². The van der Waals surface area contributed by atoms with Crippen LogP contribution in [0.25, 0.3) is 0 Å². The second-order valence-electron chi connectivity index (χ2n) is 7.53. The van der Waals surface area contributed by atoms with Gasteiger partial charge in [0.2, 0.25) is 11.5 Å². The minimum Gasteiger partial charge on any atom is -0.504 e. The first-order valence-electron chi connectivity index (χ1n) is 9.82. The Morgan fingerprint density at radius 3 is 1.82 bits per heavy atom. The first-order chi connectivity index (χ1) is 13.2. The fraction of sp³-hybridized carbons (Fsp3) is 0.500. The molecule has 0 heterocycles. The van der Waals surface area contributed by atoms with Crippen LogP contribution in [-0.4, -0.2) is 24.4 Å². The van der Waals surface area contributed by atoms with E-state index in [9.17, 15) is 10.2 Å². The molecule has 0 aromatic heterocycles. The predicted octanol–water partition coefficient (Wildman–Crippen LogP) is 6.39. The Labute approximate surface area is 170 Å². The molecular weight excluding hydrogens is 352 g/mol. The summed E-state index contributed by atoms with van der Waals surface area (Å²) in [7, 11) is 2.89. The largest absolute Gasteiger partial charge is 0.504 e. The van der Waals surface area contributed by atoms with Gasteiger partial charge in [0.1, 0.15) is 0 Å². The van der Waals surface area contributed by atoms with E-state index in [1.807, 2.05) is 0 Å². The molecule has 0 aliphatic heterocycles. The summed E-state index contributed by atoms with van der Waals surface area (Å²) in [6, 6.07) is 0. The zero-order valence-electron chi connectivity index (χ0n) is 18.5. The van der Waals surface area contributed by atoms with Crippen molar-refractivity contribution in [3.05, 3.63) is 46.1 Å². The minimum atomic E-state index is 0.00752. The van der Waals surface area contributed by atoms with Crippen LogP contribution in [0.2, 0.25) is 0 Å². The molecule has 0 amide bonds. The fourth-order valence-electron chi connectivity index (χ4n) is 3.09. The molecular formula is C24H36O4. The monoisotopic (exact) mass is 388 g/mol. The molecule has 0 saturated heterocycles. The maximum atomic E-state index is 10.5. The van der Waals surface area contributed by atoms with Crippen molar-refractivity contribution in [3.8, 4) is 23.0 Å². The Balaban J connectivity index is 2.78. The minimum absolute atomic E-state index is 0.00752. The highest BCUT2D eigenvalue weighted by Gasteiger charge is 2.22. The van der Waals surface area contributed by atoms with Crippen molar-refractivity contribution in [2.45, 2.75) is 66.7 Å². The number of allylic oxidation sites excluding steroid dienone is 6. The van der Waals surface area contributed by atoms with Gasteiger partial charge in [0.15, 0.2) is 11.5 Å². The molecule has 0 spiro atoms. The third-order valence-electron chi connectivity index (χ3n) is 4.92. The Morgan fingerprint density at radius 1 is 0.786 bits per heavy atom. The lowest BCUT2D eigenvalue weighted by atomic mass is 9.99. The van der Waals surface area contributed by atoms with Gasteiger partial charge in [-0.1, -0.05) is 34.9 Å². The van der Waals surface area contributed by atoms with Crippen molar-refractivity contribution < 1.29 is 19.7 Å². The third kappa shape index (κ3) is 6.66. The number of hydrogen-bond acceptors (Lipinski definition) is 4. The summed E-state index contributed by atoms with van der Waals surface area (Å²) in [6.07, 6.45) is 11.4. The molecule has 28 heavy (non-hydrogen) atoms. The first kappa shape index (κ1) is 23.7. The molecule has 1 aromatic rings. The van der Waals surface area contributed by atoms with Gasteiger partial charge in [-0.05, 0) is 66.7 Å². The Morgan fingerprint density at radius 2 is 1.29 bits per heavy atom. The van der Waals surface area contributed by atoms with Crippen molar-refractivity contribution in [1.82, 2.24) is 0 Å². The molecule has 0 atom stereocenters. The SMILES string of the molecule is COc1c(O)c(C)c(CC=C(C)CCC=C(C)CCC=C(C)C)c(O)c1OC. The smallest absolute Gasteiger partial charge is 0.207 e. The van der Waals surface area contributed by atoms with Gasteiger partial charge in [-0.3, -0.25) is 0 Å². The summed E-state index contributed by atoms with van der Waals surface area (Å²) in [4.78, 5) is 0. The normalized spacial score (nSPS) is 12.1. The van der Waals surface area contributed by atoms with E-state index in [2.05, 4.69) is 45.9 Å². The number of aromatic hydroxyl groups is 2. The van der Waals surface area contributed by atoms with Gasteiger partial charge in [-0.25, -0.2) is 0 Å². The number of hydrogen-bond donors (Lipinski definition) is 2. The number of phenolic OH excluding ortho intramolecular Hbond substituents is 2. The molecule has 0 fully saturated rings. The van der Waals surface area contributed by atoms with Crippen molar-refractivity contribution in [3.63, 3.8) is 0 Å². The predicted molar refractivity (Wildman–Crippen MR) is 117 cm³/mol. The number of phenols is 2. The third-order valence-corrected chi connectivity index (χ3v) is 4.92. The van der Waals surface area contributed by atoms with E-state index in [0.717, 1.165) is 25.7 Å². The van der Waals surface area contributed by atoms with Crippen LogP contribution >= 0.6 is 0 Å². The molecule has 0 aliphatic carbocycles. The van der Waals surface area contributed by atoms with Crippen LogP contribution in [-0.2, 0) is 6.42 Å². The molecule has 0 radical (unpaired) electrons. The van der Waals surface area contributed by atoms with E-state index in [1.165, 1.54) is 30.9 Å². The maximum absolute atomic E-state index is 10.5. The second kappa shape index (κ2) is 11.5. The van der Waals surface area contributed by atoms with Crippen molar-refractivity contribution >= 4 is 0 Å². The summed E-state index contributed by atoms with van der Waals surface area (Å²) < 4.78 is 10.4. The molecule has 0 unspecified atom stereocenters. The van der Waals surface area contributed by atoms with Gasteiger partial charge in [0.05, 0.1) is 14.2 Å². The zero-order valence-corrected chi connectivity index (χ0v) is 18.5. The van der Waals surface area contributed by atoms with Gasteiger partial charge in [-0.2, -0.15) is 0 Å². The van der Waals surface area contributed by atoms with E-state index in [-0.39, 0.29) is 23.0 Å².